The van der Waals surface area contributed by atoms with Crippen molar-refractivity contribution in [2.45, 2.75) is 45.8 Å². The molecule has 3 nitrogen and oxygen atoms in total. The van der Waals surface area contributed by atoms with Crippen molar-refractivity contribution < 1.29 is 14.3 Å². The SMILES string of the molecule is COC(=O)C1(C(C)C)OC1(C)C(C)C. The molecule has 0 amide bonds. The van der Waals surface area contributed by atoms with Crippen LogP contribution in [0.15, 0.2) is 0 Å². The lowest BCUT2D eigenvalue weighted by atomic mass is 9.78. The molecule has 1 aliphatic rings. The van der Waals surface area contributed by atoms with Gasteiger partial charge in [-0.05, 0) is 18.8 Å². The highest BCUT2D eigenvalue weighted by atomic mass is 16.7. The first kappa shape index (κ1) is 11.5. The smallest absolute Gasteiger partial charge is 0.341 e. The molecule has 0 saturated carbocycles. The van der Waals surface area contributed by atoms with E-state index in [2.05, 4.69) is 13.8 Å². The van der Waals surface area contributed by atoms with E-state index >= 15 is 0 Å². The topological polar surface area (TPSA) is 38.8 Å². The van der Waals surface area contributed by atoms with Gasteiger partial charge in [0, 0.05) is 0 Å². The third kappa shape index (κ3) is 1.18. The van der Waals surface area contributed by atoms with E-state index in [1.54, 1.807) is 0 Å². The maximum atomic E-state index is 11.7. The van der Waals surface area contributed by atoms with Gasteiger partial charge in [-0.25, -0.2) is 4.79 Å². The van der Waals surface area contributed by atoms with E-state index in [1.165, 1.54) is 7.11 Å². The Bertz CT molecular complexity index is 247. The lowest BCUT2D eigenvalue weighted by molar-refractivity contribution is -0.148. The Morgan fingerprint density at radius 2 is 1.71 bits per heavy atom. The van der Waals surface area contributed by atoms with Crippen LogP contribution in [0.3, 0.4) is 0 Å². The molecule has 82 valence electrons. The highest BCUT2D eigenvalue weighted by Crippen LogP contribution is 2.57. The highest BCUT2D eigenvalue weighted by Gasteiger charge is 2.75. The molecule has 0 aromatic carbocycles. The summed E-state index contributed by atoms with van der Waals surface area (Å²) in [7, 11) is 1.41. The van der Waals surface area contributed by atoms with Crippen molar-refractivity contribution in [3.63, 3.8) is 0 Å². The van der Waals surface area contributed by atoms with Crippen LogP contribution >= 0.6 is 0 Å². The van der Waals surface area contributed by atoms with Crippen molar-refractivity contribution in [1.82, 2.24) is 0 Å². The first-order valence-electron chi connectivity index (χ1n) is 5.11. The first-order chi connectivity index (χ1) is 6.33. The van der Waals surface area contributed by atoms with Gasteiger partial charge in [-0.3, -0.25) is 0 Å². The molecule has 2 atom stereocenters. The van der Waals surface area contributed by atoms with E-state index in [0.29, 0.717) is 5.92 Å². The second-order valence-electron chi connectivity index (χ2n) is 4.75. The average molecular weight is 200 g/mol. The molecule has 0 N–H and O–H groups in total. The monoisotopic (exact) mass is 200 g/mol. The molecule has 0 aromatic rings. The maximum Gasteiger partial charge on any atom is 0.341 e. The molecule has 1 rings (SSSR count). The van der Waals surface area contributed by atoms with E-state index < -0.39 is 5.60 Å². The summed E-state index contributed by atoms with van der Waals surface area (Å²) in [4.78, 5) is 11.7. The van der Waals surface area contributed by atoms with E-state index in [0.717, 1.165) is 0 Å². The lowest BCUT2D eigenvalue weighted by Gasteiger charge is -2.20. The summed E-state index contributed by atoms with van der Waals surface area (Å²) in [6.07, 6.45) is 0. The zero-order chi connectivity index (χ0) is 11.1. The van der Waals surface area contributed by atoms with Gasteiger partial charge in [0.15, 0.2) is 5.60 Å². The Hall–Kier alpha value is -0.570. The minimum absolute atomic E-state index is 0.141. The molecular formula is C11H20O3. The Morgan fingerprint density at radius 1 is 1.21 bits per heavy atom. The minimum Gasteiger partial charge on any atom is -0.467 e. The van der Waals surface area contributed by atoms with Gasteiger partial charge in [0.2, 0.25) is 0 Å². The first-order valence-corrected chi connectivity index (χ1v) is 5.11. The number of hydrogen-bond donors (Lipinski definition) is 0. The fourth-order valence-electron chi connectivity index (χ4n) is 2.18. The van der Waals surface area contributed by atoms with Crippen molar-refractivity contribution in [2.24, 2.45) is 11.8 Å². The van der Waals surface area contributed by atoms with Crippen LogP contribution in [0.4, 0.5) is 0 Å². The minimum atomic E-state index is -0.726. The Morgan fingerprint density at radius 3 is 1.93 bits per heavy atom. The average Bonchev–Trinajstić information content (AvgIpc) is 2.74. The number of rotatable bonds is 3. The molecule has 0 bridgehead atoms. The van der Waals surface area contributed by atoms with Gasteiger partial charge in [-0.15, -0.1) is 0 Å². The highest BCUT2D eigenvalue weighted by molar-refractivity contribution is 5.85. The Labute approximate surface area is 85.8 Å². The largest absolute Gasteiger partial charge is 0.467 e. The van der Waals surface area contributed by atoms with Gasteiger partial charge in [-0.1, -0.05) is 27.7 Å². The summed E-state index contributed by atoms with van der Waals surface area (Å²) in [5.74, 6) is 0.204. The van der Waals surface area contributed by atoms with Crippen LogP contribution in [0.1, 0.15) is 34.6 Å². The second-order valence-corrected chi connectivity index (χ2v) is 4.75. The summed E-state index contributed by atoms with van der Waals surface area (Å²) in [6.45, 7) is 10.1. The summed E-state index contributed by atoms with van der Waals surface area (Å²) in [5.41, 5.74) is -1.09. The fourth-order valence-corrected chi connectivity index (χ4v) is 2.18. The Kier molecular flexibility index (Phi) is 2.65. The van der Waals surface area contributed by atoms with Gasteiger partial charge >= 0.3 is 5.97 Å². The van der Waals surface area contributed by atoms with Gasteiger partial charge < -0.3 is 9.47 Å². The van der Waals surface area contributed by atoms with Crippen molar-refractivity contribution in [3.8, 4) is 0 Å². The zero-order valence-corrected chi connectivity index (χ0v) is 9.88. The van der Waals surface area contributed by atoms with E-state index in [1.807, 2.05) is 20.8 Å². The van der Waals surface area contributed by atoms with Gasteiger partial charge in [0.25, 0.3) is 0 Å². The molecule has 3 heteroatoms. The van der Waals surface area contributed by atoms with Crippen LogP contribution in [0.2, 0.25) is 0 Å². The van der Waals surface area contributed by atoms with Crippen LogP contribution in [-0.2, 0) is 14.3 Å². The molecule has 0 radical (unpaired) electrons. The van der Waals surface area contributed by atoms with Crippen LogP contribution in [0.25, 0.3) is 0 Å². The number of hydrogen-bond acceptors (Lipinski definition) is 3. The van der Waals surface area contributed by atoms with Crippen LogP contribution < -0.4 is 0 Å². The summed E-state index contributed by atoms with van der Waals surface area (Å²) >= 11 is 0. The standard InChI is InChI=1S/C11H20O3/c1-7(2)10(5)11(14-10,8(3)4)9(12)13-6/h7-8H,1-6H3. The molecule has 0 aromatic heterocycles. The maximum absolute atomic E-state index is 11.7. The third-order valence-corrected chi connectivity index (χ3v) is 3.47. The number of epoxide rings is 1. The summed E-state index contributed by atoms with van der Waals surface area (Å²) < 4.78 is 10.5. The molecule has 1 saturated heterocycles. The van der Waals surface area contributed by atoms with Gasteiger partial charge in [-0.2, -0.15) is 0 Å². The normalized spacial score (nSPS) is 36.3. The van der Waals surface area contributed by atoms with Gasteiger partial charge in [0.1, 0.15) is 5.60 Å². The van der Waals surface area contributed by atoms with Crippen molar-refractivity contribution >= 4 is 5.97 Å². The number of carbonyl (C=O) groups is 1. The predicted octanol–water partition coefficient (Wildman–Crippen LogP) is 2.00. The fraction of sp³-hybridized carbons (Fsp3) is 0.909. The molecule has 0 spiro atoms. The molecule has 0 aliphatic carbocycles. The number of carbonyl (C=O) groups excluding carboxylic acids is 1. The molecule has 2 unspecified atom stereocenters. The summed E-state index contributed by atoms with van der Waals surface area (Å²) in [5, 5.41) is 0. The number of methoxy groups -OCH3 is 1. The lowest BCUT2D eigenvalue weighted by Crippen LogP contribution is -2.40. The van der Waals surface area contributed by atoms with Crippen molar-refractivity contribution in [1.29, 1.82) is 0 Å². The predicted molar refractivity (Wildman–Crippen MR) is 53.9 cm³/mol. The van der Waals surface area contributed by atoms with E-state index in [-0.39, 0.29) is 17.5 Å². The zero-order valence-electron chi connectivity index (χ0n) is 9.88. The molecule has 1 fully saturated rings. The van der Waals surface area contributed by atoms with Crippen molar-refractivity contribution in [3.05, 3.63) is 0 Å². The van der Waals surface area contributed by atoms with Crippen LogP contribution in [0, 0.1) is 11.8 Å². The molecule has 1 heterocycles. The van der Waals surface area contributed by atoms with E-state index in [4.69, 9.17) is 9.47 Å². The van der Waals surface area contributed by atoms with Crippen LogP contribution in [-0.4, -0.2) is 24.3 Å². The second kappa shape index (κ2) is 3.23. The van der Waals surface area contributed by atoms with E-state index in [9.17, 15) is 4.79 Å². The third-order valence-electron chi connectivity index (χ3n) is 3.47. The molecule has 1 aliphatic heterocycles. The molecular weight excluding hydrogens is 180 g/mol. The van der Waals surface area contributed by atoms with Crippen LogP contribution in [0.5, 0.6) is 0 Å². The van der Waals surface area contributed by atoms with Gasteiger partial charge in [0.05, 0.1) is 7.11 Å². The van der Waals surface area contributed by atoms with Crippen molar-refractivity contribution in [2.75, 3.05) is 7.11 Å². The Balaban J connectivity index is 2.97. The number of ether oxygens (including phenoxy) is 2. The number of esters is 1. The quantitative estimate of drug-likeness (QED) is 0.516. The summed E-state index contributed by atoms with van der Waals surface area (Å²) in [6, 6.07) is 0. The molecule has 14 heavy (non-hydrogen) atoms.